The van der Waals surface area contributed by atoms with E-state index in [-0.39, 0.29) is 0 Å². The normalized spacial score (nSPS) is 10.2. The Labute approximate surface area is 112 Å². The fourth-order valence-corrected chi connectivity index (χ4v) is 2.00. The summed E-state index contributed by atoms with van der Waals surface area (Å²) in [6.45, 7) is 4.61. The first kappa shape index (κ1) is 13.1. The lowest BCUT2D eigenvalue weighted by Crippen LogP contribution is -2.09. The van der Waals surface area contributed by atoms with Crippen molar-refractivity contribution in [1.29, 1.82) is 5.26 Å². The average molecular weight is 256 g/mol. The monoisotopic (exact) mass is 256 g/mol. The first-order valence-electron chi connectivity index (χ1n) is 6.33. The zero-order valence-corrected chi connectivity index (χ0v) is 11.1. The van der Waals surface area contributed by atoms with E-state index in [1.165, 1.54) is 0 Å². The smallest absolute Gasteiger partial charge is 0.167 e. The van der Waals surface area contributed by atoms with Crippen LogP contribution in [0, 0.1) is 11.3 Å². The third-order valence-electron chi connectivity index (χ3n) is 3.00. The summed E-state index contributed by atoms with van der Waals surface area (Å²) in [6, 6.07) is 4.10. The van der Waals surface area contributed by atoms with Gasteiger partial charge in [0.25, 0.3) is 0 Å². The standard InChI is InChI=1S/C14H16N4O/c1-3-11-12(7-15)14(18-17-13(11)4-2)16-8-10-5-6-19-9-10/h5-6,9H,3-4,8H2,1-2H3,(H,16,18). The molecule has 0 amide bonds. The van der Waals surface area contributed by atoms with Crippen LogP contribution in [0.25, 0.3) is 0 Å². The molecule has 0 aliphatic heterocycles. The van der Waals surface area contributed by atoms with E-state index in [0.717, 1.165) is 29.7 Å². The molecule has 2 heterocycles. The third kappa shape index (κ3) is 2.74. The first-order chi connectivity index (χ1) is 9.30. The van der Waals surface area contributed by atoms with Crippen molar-refractivity contribution in [3.63, 3.8) is 0 Å². The van der Waals surface area contributed by atoms with E-state index in [9.17, 15) is 5.26 Å². The van der Waals surface area contributed by atoms with E-state index in [4.69, 9.17) is 4.42 Å². The zero-order valence-electron chi connectivity index (χ0n) is 11.1. The molecule has 2 aromatic rings. The van der Waals surface area contributed by atoms with Gasteiger partial charge in [0.05, 0.1) is 18.2 Å². The summed E-state index contributed by atoms with van der Waals surface area (Å²) < 4.78 is 5.00. The van der Waals surface area contributed by atoms with Crippen LogP contribution < -0.4 is 5.32 Å². The molecule has 0 aliphatic carbocycles. The van der Waals surface area contributed by atoms with E-state index in [1.807, 2.05) is 19.9 Å². The number of aryl methyl sites for hydroxylation is 1. The van der Waals surface area contributed by atoms with Gasteiger partial charge >= 0.3 is 0 Å². The van der Waals surface area contributed by atoms with Gasteiger partial charge in [-0.15, -0.1) is 5.10 Å². The van der Waals surface area contributed by atoms with Crippen LogP contribution in [0.1, 0.15) is 36.2 Å². The summed E-state index contributed by atoms with van der Waals surface area (Å²) >= 11 is 0. The van der Waals surface area contributed by atoms with Crippen molar-refractivity contribution in [3.05, 3.63) is 41.0 Å². The highest BCUT2D eigenvalue weighted by atomic mass is 16.3. The highest BCUT2D eigenvalue weighted by Crippen LogP contribution is 2.20. The number of aromatic nitrogens is 2. The van der Waals surface area contributed by atoms with Gasteiger partial charge in [0.2, 0.25) is 0 Å². The molecule has 0 unspecified atom stereocenters. The number of rotatable bonds is 5. The molecule has 5 nitrogen and oxygen atoms in total. The quantitative estimate of drug-likeness (QED) is 0.890. The molecule has 0 aromatic carbocycles. The molecular weight excluding hydrogens is 240 g/mol. The topological polar surface area (TPSA) is 74.7 Å². The molecule has 2 aromatic heterocycles. The molecule has 19 heavy (non-hydrogen) atoms. The van der Waals surface area contributed by atoms with Crippen LogP contribution in [0.4, 0.5) is 5.82 Å². The van der Waals surface area contributed by atoms with Gasteiger partial charge in [-0.1, -0.05) is 13.8 Å². The van der Waals surface area contributed by atoms with Gasteiger partial charge in [-0.3, -0.25) is 0 Å². The number of anilines is 1. The van der Waals surface area contributed by atoms with Crippen molar-refractivity contribution >= 4 is 5.82 Å². The predicted molar refractivity (Wildman–Crippen MR) is 71.5 cm³/mol. The Morgan fingerprint density at radius 1 is 1.32 bits per heavy atom. The molecule has 0 aliphatic rings. The van der Waals surface area contributed by atoms with Crippen molar-refractivity contribution < 1.29 is 4.42 Å². The second kappa shape index (κ2) is 6.01. The van der Waals surface area contributed by atoms with Gasteiger partial charge < -0.3 is 9.73 Å². The van der Waals surface area contributed by atoms with E-state index in [0.29, 0.717) is 17.9 Å². The van der Waals surface area contributed by atoms with Crippen molar-refractivity contribution in [2.75, 3.05) is 5.32 Å². The van der Waals surface area contributed by atoms with Gasteiger partial charge in [-0.25, -0.2) is 0 Å². The Balaban J connectivity index is 2.28. The maximum absolute atomic E-state index is 9.33. The summed E-state index contributed by atoms with van der Waals surface area (Å²) in [4.78, 5) is 0. The van der Waals surface area contributed by atoms with Crippen LogP contribution >= 0.6 is 0 Å². The number of hydrogen-bond acceptors (Lipinski definition) is 5. The second-order valence-corrected chi connectivity index (χ2v) is 4.15. The van der Waals surface area contributed by atoms with Crippen LogP contribution in [-0.4, -0.2) is 10.2 Å². The largest absolute Gasteiger partial charge is 0.472 e. The molecule has 1 N–H and O–H groups in total. The number of furan rings is 1. The summed E-state index contributed by atoms with van der Waals surface area (Å²) in [5, 5.41) is 20.8. The lowest BCUT2D eigenvalue weighted by molar-refractivity contribution is 0.564. The molecular formula is C14H16N4O. The maximum Gasteiger partial charge on any atom is 0.167 e. The third-order valence-corrected chi connectivity index (χ3v) is 3.00. The maximum atomic E-state index is 9.33. The van der Waals surface area contributed by atoms with E-state index < -0.39 is 0 Å². The Kier molecular flexibility index (Phi) is 4.14. The summed E-state index contributed by atoms with van der Waals surface area (Å²) in [5.74, 6) is 0.540. The van der Waals surface area contributed by atoms with Crippen LogP contribution in [0.5, 0.6) is 0 Å². The van der Waals surface area contributed by atoms with Crippen molar-refractivity contribution in [3.8, 4) is 6.07 Å². The molecule has 0 fully saturated rings. The Morgan fingerprint density at radius 3 is 2.74 bits per heavy atom. The fraction of sp³-hybridized carbons (Fsp3) is 0.357. The molecule has 98 valence electrons. The van der Waals surface area contributed by atoms with E-state index in [2.05, 4.69) is 21.6 Å². The lowest BCUT2D eigenvalue weighted by Gasteiger charge is -2.11. The van der Waals surface area contributed by atoms with Gasteiger partial charge in [0, 0.05) is 12.1 Å². The van der Waals surface area contributed by atoms with Crippen LogP contribution in [0.15, 0.2) is 23.0 Å². The highest BCUT2D eigenvalue weighted by Gasteiger charge is 2.13. The van der Waals surface area contributed by atoms with Crippen LogP contribution in [0.3, 0.4) is 0 Å². The second-order valence-electron chi connectivity index (χ2n) is 4.15. The van der Waals surface area contributed by atoms with Crippen LogP contribution in [0.2, 0.25) is 0 Å². The zero-order chi connectivity index (χ0) is 13.7. The number of nitrogens with zero attached hydrogens (tertiary/aromatic N) is 3. The van der Waals surface area contributed by atoms with Gasteiger partial charge in [0.15, 0.2) is 5.82 Å². The predicted octanol–water partition coefficient (Wildman–Crippen LogP) is 2.68. The molecule has 0 saturated carbocycles. The van der Waals surface area contributed by atoms with Gasteiger partial charge in [-0.05, 0) is 24.5 Å². The molecule has 2 rings (SSSR count). The Hall–Kier alpha value is -2.35. The number of nitriles is 1. The van der Waals surface area contributed by atoms with Crippen molar-refractivity contribution in [2.45, 2.75) is 33.2 Å². The van der Waals surface area contributed by atoms with Gasteiger partial charge in [0.1, 0.15) is 11.6 Å². The fourth-order valence-electron chi connectivity index (χ4n) is 2.00. The minimum absolute atomic E-state index is 0.540. The molecule has 0 radical (unpaired) electrons. The molecule has 0 saturated heterocycles. The molecule has 0 bridgehead atoms. The number of nitrogens with one attached hydrogen (secondary N) is 1. The SMILES string of the molecule is CCc1nnc(NCc2ccoc2)c(C#N)c1CC. The average Bonchev–Trinajstić information content (AvgIpc) is 2.96. The van der Waals surface area contributed by atoms with Crippen molar-refractivity contribution in [1.82, 2.24) is 10.2 Å². The molecule has 0 spiro atoms. The van der Waals surface area contributed by atoms with Crippen molar-refractivity contribution in [2.24, 2.45) is 0 Å². The number of hydrogen-bond donors (Lipinski definition) is 1. The lowest BCUT2D eigenvalue weighted by atomic mass is 10.0. The molecule has 5 heteroatoms. The first-order valence-corrected chi connectivity index (χ1v) is 6.33. The van der Waals surface area contributed by atoms with Gasteiger partial charge in [-0.2, -0.15) is 10.4 Å². The Bertz CT molecular complexity index is 584. The highest BCUT2D eigenvalue weighted by molar-refractivity contribution is 5.56. The van der Waals surface area contributed by atoms with E-state index >= 15 is 0 Å². The molecule has 0 atom stereocenters. The summed E-state index contributed by atoms with van der Waals surface area (Å²) in [7, 11) is 0. The van der Waals surface area contributed by atoms with Crippen LogP contribution in [-0.2, 0) is 19.4 Å². The summed E-state index contributed by atoms with van der Waals surface area (Å²) in [5.41, 5.74) is 3.48. The Morgan fingerprint density at radius 2 is 2.16 bits per heavy atom. The van der Waals surface area contributed by atoms with E-state index in [1.54, 1.807) is 12.5 Å². The summed E-state index contributed by atoms with van der Waals surface area (Å²) in [6.07, 6.45) is 4.84. The minimum Gasteiger partial charge on any atom is -0.472 e. The minimum atomic E-state index is 0.540.